The Kier molecular flexibility index (Phi) is 7.06. The molecule has 2 aromatic carbocycles. The van der Waals surface area contributed by atoms with E-state index >= 15 is 0 Å². The van der Waals surface area contributed by atoms with Crippen LogP contribution in [0.15, 0.2) is 30.3 Å². The van der Waals surface area contributed by atoms with Crippen LogP contribution in [0.25, 0.3) is 11.6 Å². The van der Waals surface area contributed by atoms with Crippen molar-refractivity contribution in [1.29, 1.82) is 0 Å². The van der Waals surface area contributed by atoms with Crippen LogP contribution in [0.2, 0.25) is 0 Å². The molecule has 33 heavy (non-hydrogen) atoms. The average molecular weight is 474 g/mol. The smallest absolute Gasteiger partial charge is 0.416 e. The maximum Gasteiger partial charge on any atom is 0.416 e. The largest absolute Gasteiger partial charge is 0.507 e. The molecule has 0 fully saturated rings. The predicted molar refractivity (Wildman–Crippen MR) is 119 cm³/mol. The molecule has 2 aromatic rings. The van der Waals surface area contributed by atoms with Gasteiger partial charge in [-0.1, -0.05) is 41.5 Å². The minimum atomic E-state index is -4.95. The highest BCUT2D eigenvalue weighted by Gasteiger charge is 2.37. The summed E-state index contributed by atoms with van der Waals surface area (Å²) < 4.78 is 79.8. The van der Waals surface area contributed by atoms with Gasteiger partial charge in [0.1, 0.15) is 5.75 Å². The lowest BCUT2D eigenvalue weighted by Crippen LogP contribution is -2.17. The van der Waals surface area contributed by atoms with Crippen LogP contribution < -0.4 is 5.73 Å². The molecule has 0 aliphatic heterocycles. The Hall–Kier alpha value is -2.48. The van der Waals surface area contributed by atoms with Crippen LogP contribution in [0.5, 0.6) is 5.75 Å². The minimum absolute atomic E-state index is 0.0909. The minimum Gasteiger partial charge on any atom is -0.507 e. The number of benzene rings is 2. The Morgan fingerprint density at radius 1 is 0.758 bits per heavy atom. The maximum atomic E-state index is 13.3. The van der Waals surface area contributed by atoms with Gasteiger partial charge in [0.25, 0.3) is 0 Å². The molecule has 0 atom stereocenters. The van der Waals surface area contributed by atoms with E-state index in [-0.39, 0.29) is 29.5 Å². The fourth-order valence-electron chi connectivity index (χ4n) is 3.49. The van der Waals surface area contributed by atoms with Crippen LogP contribution in [0.4, 0.5) is 26.3 Å². The van der Waals surface area contributed by atoms with E-state index in [4.69, 9.17) is 5.73 Å². The topological polar surface area (TPSA) is 46.2 Å². The third kappa shape index (κ3) is 6.31. The predicted octanol–water partition coefficient (Wildman–Crippen LogP) is 7.52. The van der Waals surface area contributed by atoms with Crippen molar-refractivity contribution in [3.8, 4) is 5.75 Å². The van der Waals surface area contributed by atoms with Crippen molar-refractivity contribution < 1.29 is 31.4 Å². The van der Waals surface area contributed by atoms with E-state index in [2.05, 4.69) is 0 Å². The molecule has 0 aromatic heterocycles. The second-order valence-electron chi connectivity index (χ2n) is 10.1. The van der Waals surface area contributed by atoms with Crippen LogP contribution >= 0.6 is 0 Å². The van der Waals surface area contributed by atoms with Gasteiger partial charge in [0.05, 0.1) is 11.1 Å². The van der Waals surface area contributed by atoms with Gasteiger partial charge in [-0.15, -0.1) is 0 Å². The summed E-state index contributed by atoms with van der Waals surface area (Å²) in [6.45, 7) is 11.1. The van der Waals surface area contributed by atoms with Crippen molar-refractivity contribution in [2.45, 2.75) is 64.7 Å². The first-order valence-corrected chi connectivity index (χ1v) is 10.3. The first-order valence-electron chi connectivity index (χ1n) is 10.3. The van der Waals surface area contributed by atoms with Crippen LogP contribution in [0, 0.1) is 0 Å². The van der Waals surface area contributed by atoms with Gasteiger partial charge in [-0.25, -0.2) is 0 Å². The van der Waals surface area contributed by atoms with Gasteiger partial charge >= 0.3 is 12.4 Å². The van der Waals surface area contributed by atoms with Gasteiger partial charge in [-0.05, 0) is 63.9 Å². The summed E-state index contributed by atoms with van der Waals surface area (Å²) in [6, 6.07) is 4.79. The first-order chi connectivity index (χ1) is 14.7. The molecule has 0 radical (unpaired) electrons. The molecule has 2 nitrogen and oxygen atoms in total. The van der Waals surface area contributed by atoms with Crippen molar-refractivity contribution in [1.82, 2.24) is 0 Å². The molecule has 182 valence electrons. The molecule has 0 aliphatic rings. The summed E-state index contributed by atoms with van der Waals surface area (Å²) in [5, 5.41) is 10.8. The Labute approximate surface area is 190 Å². The Morgan fingerprint density at radius 3 is 1.45 bits per heavy atom. The number of halogens is 6. The Morgan fingerprint density at radius 2 is 1.15 bits per heavy atom. The van der Waals surface area contributed by atoms with Gasteiger partial charge in [0, 0.05) is 17.7 Å². The molecule has 0 spiro atoms. The van der Waals surface area contributed by atoms with E-state index in [0.717, 1.165) is 0 Å². The molecular formula is C25H29F6NO. The highest BCUT2D eigenvalue weighted by molar-refractivity contribution is 5.83. The number of alkyl halides is 6. The second-order valence-corrected chi connectivity index (χ2v) is 10.1. The molecule has 0 heterocycles. The number of hydrogen-bond donors (Lipinski definition) is 2. The van der Waals surface area contributed by atoms with E-state index in [1.54, 1.807) is 12.1 Å². The lowest BCUT2D eigenvalue weighted by molar-refractivity contribution is -0.143. The third-order valence-electron chi connectivity index (χ3n) is 5.27. The number of aromatic hydroxyl groups is 1. The van der Waals surface area contributed by atoms with E-state index in [1.807, 2.05) is 41.5 Å². The van der Waals surface area contributed by atoms with Crippen molar-refractivity contribution in [3.05, 3.63) is 63.7 Å². The van der Waals surface area contributed by atoms with Gasteiger partial charge in [0.15, 0.2) is 0 Å². The van der Waals surface area contributed by atoms with E-state index in [0.29, 0.717) is 28.8 Å². The molecule has 0 saturated heterocycles. The summed E-state index contributed by atoms with van der Waals surface area (Å²) in [6.07, 6.45) is -8.43. The summed E-state index contributed by atoms with van der Waals surface area (Å²) in [5.41, 5.74) is 3.63. The van der Waals surface area contributed by atoms with E-state index in [9.17, 15) is 31.4 Å². The quantitative estimate of drug-likeness (QED) is 0.358. The monoisotopic (exact) mass is 473 g/mol. The number of hydrogen-bond acceptors (Lipinski definition) is 2. The second kappa shape index (κ2) is 8.70. The molecule has 0 unspecified atom stereocenters. The summed E-state index contributed by atoms with van der Waals surface area (Å²) in [5.74, 6) is 0.111. The highest BCUT2D eigenvalue weighted by atomic mass is 19.4. The zero-order valence-corrected chi connectivity index (χ0v) is 19.5. The van der Waals surface area contributed by atoms with E-state index < -0.39 is 34.3 Å². The number of phenols is 1. The van der Waals surface area contributed by atoms with Crippen molar-refractivity contribution in [2.24, 2.45) is 5.73 Å². The Bertz CT molecular complexity index is 983. The SMILES string of the molecule is CC(C)(C)c1cc(/C=C(\CN)c2cc(C(F)(F)F)cc(C(F)(F)F)c2)cc(C(C)(C)C)c1O. The standard InChI is InChI=1S/C25H29F6NO/c1-22(2,3)19-8-14(9-20(21(19)33)23(4,5)6)7-16(13-32)15-10-17(24(26,27)28)12-18(11-15)25(29,30)31/h7-12,33H,13,32H2,1-6H3/b16-7+. The molecule has 8 heteroatoms. The highest BCUT2D eigenvalue weighted by Crippen LogP contribution is 2.41. The summed E-state index contributed by atoms with van der Waals surface area (Å²) in [4.78, 5) is 0. The van der Waals surface area contributed by atoms with Gasteiger partial charge in [-0.2, -0.15) is 26.3 Å². The zero-order chi connectivity index (χ0) is 25.6. The molecule has 2 rings (SSSR count). The van der Waals surface area contributed by atoms with Crippen LogP contribution in [0.1, 0.15) is 74.9 Å². The molecule has 0 amide bonds. The summed E-state index contributed by atoms with van der Waals surface area (Å²) in [7, 11) is 0. The average Bonchev–Trinajstić information content (AvgIpc) is 2.63. The number of rotatable bonds is 3. The van der Waals surface area contributed by atoms with E-state index in [1.165, 1.54) is 6.08 Å². The van der Waals surface area contributed by atoms with Crippen molar-refractivity contribution in [3.63, 3.8) is 0 Å². The van der Waals surface area contributed by atoms with Crippen molar-refractivity contribution in [2.75, 3.05) is 6.54 Å². The van der Waals surface area contributed by atoms with Crippen LogP contribution in [0.3, 0.4) is 0 Å². The van der Waals surface area contributed by atoms with Gasteiger partial charge in [0.2, 0.25) is 0 Å². The number of nitrogens with two attached hydrogens (primary N) is 1. The van der Waals surface area contributed by atoms with Crippen molar-refractivity contribution >= 4 is 11.6 Å². The van der Waals surface area contributed by atoms with Crippen LogP contribution in [-0.2, 0) is 23.2 Å². The number of phenolic OH excluding ortho intramolecular Hbond substituents is 1. The lowest BCUT2D eigenvalue weighted by atomic mass is 9.78. The molecule has 3 N–H and O–H groups in total. The molecular weight excluding hydrogens is 444 g/mol. The Balaban J connectivity index is 2.81. The van der Waals surface area contributed by atoms with Crippen LogP contribution in [-0.4, -0.2) is 11.7 Å². The fourth-order valence-corrected chi connectivity index (χ4v) is 3.49. The third-order valence-corrected chi connectivity index (χ3v) is 5.27. The van der Waals surface area contributed by atoms with Gasteiger partial charge in [-0.3, -0.25) is 0 Å². The first kappa shape index (κ1) is 26.8. The normalized spacial score (nSPS) is 14.0. The molecule has 0 aliphatic carbocycles. The molecule has 0 bridgehead atoms. The zero-order valence-electron chi connectivity index (χ0n) is 19.5. The molecule has 0 saturated carbocycles. The fraction of sp³-hybridized carbons (Fsp3) is 0.440. The lowest BCUT2D eigenvalue weighted by Gasteiger charge is -2.28. The maximum absolute atomic E-state index is 13.3. The van der Waals surface area contributed by atoms with Gasteiger partial charge < -0.3 is 10.8 Å². The summed E-state index contributed by atoms with van der Waals surface area (Å²) >= 11 is 0.